The highest BCUT2D eigenvalue weighted by Crippen LogP contribution is 2.29. The largest absolute Gasteiger partial charge is 0.323 e. The Morgan fingerprint density at radius 2 is 2.11 bits per heavy atom. The fourth-order valence-corrected chi connectivity index (χ4v) is 3.03. The van der Waals surface area contributed by atoms with Crippen molar-refractivity contribution in [1.82, 2.24) is 4.98 Å². The lowest BCUT2D eigenvalue weighted by Crippen LogP contribution is -2.13. The van der Waals surface area contributed by atoms with Gasteiger partial charge in [-0.1, -0.05) is 12.1 Å². The Bertz CT molecular complexity index is 536. The molecule has 0 bridgehead atoms. The summed E-state index contributed by atoms with van der Waals surface area (Å²) in [4.78, 5) is 4.93. The molecule has 2 nitrogen and oxygen atoms in total. The second-order valence-electron chi connectivity index (χ2n) is 3.78. The Balaban J connectivity index is 2.00. The Labute approximate surface area is 118 Å². The summed E-state index contributed by atoms with van der Waals surface area (Å²) in [6.07, 6.45) is 2.78. The SMILES string of the molecule is NC(CSc1ccccc1Br)c1cncc(F)c1. The highest BCUT2D eigenvalue weighted by molar-refractivity contribution is 9.10. The molecule has 5 heteroatoms. The van der Waals surface area contributed by atoms with Crippen LogP contribution in [0.15, 0.2) is 52.1 Å². The predicted molar refractivity (Wildman–Crippen MR) is 76.0 cm³/mol. The van der Waals surface area contributed by atoms with Crippen LogP contribution >= 0.6 is 27.7 Å². The summed E-state index contributed by atoms with van der Waals surface area (Å²) < 4.78 is 14.1. The summed E-state index contributed by atoms with van der Waals surface area (Å²) in [5, 5.41) is 0. The molecule has 0 radical (unpaired) electrons. The van der Waals surface area contributed by atoms with Crippen LogP contribution in [0.1, 0.15) is 11.6 Å². The average molecular weight is 327 g/mol. The highest BCUT2D eigenvalue weighted by Gasteiger charge is 2.09. The van der Waals surface area contributed by atoms with E-state index in [1.54, 1.807) is 18.0 Å². The van der Waals surface area contributed by atoms with Crippen LogP contribution in [0.5, 0.6) is 0 Å². The zero-order chi connectivity index (χ0) is 13.0. The molecule has 1 unspecified atom stereocenters. The van der Waals surface area contributed by atoms with Gasteiger partial charge in [-0.2, -0.15) is 0 Å². The maximum atomic E-state index is 13.0. The van der Waals surface area contributed by atoms with Gasteiger partial charge in [-0.3, -0.25) is 4.98 Å². The van der Waals surface area contributed by atoms with Gasteiger partial charge in [0.25, 0.3) is 0 Å². The Morgan fingerprint density at radius 3 is 2.83 bits per heavy atom. The molecule has 0 saturated heterocycles. The first-order chi connectivity index (χ1) is 8.66. The van der Waals surface area contributed by atoms with Crippen LogP contribution in [-0.4, -0.2) is 10.7 Å². The average Bonchev–Trinajstić information content (AvgIpc) is 2.37. The number of hydrogen-bond acceptors (Lipinski definition) is 3. The van der Waals surface area contributed by atoms with E-state index in [0.717, 1.165) is 14.9 Å². The lowest BCUT2D eigenvalue weighted by molar-refractivity contribution is 0.615. The van der Waals surface area contributed by atoms with Gasteiger partial charge < -0.3 is 5.73 Å². The molecule has 1 aromatic heterocycles. The van der Waals surface area contributed by atoms with Crippen molar-refractivity contribution in [2.24, 2.45) is 5.73 Å². The number of pyridine rings is 1. The molecular weight excluding hydrogens is 315 g/mol. The molecule has 1 heterocycles. The van der Waals surface area contributed by atoms with E-state index < -0.39 is 0 Å². The molecule has 0 aliphatic heterocycles. The van der Waals surface area contributed by atoms with Gasteiger partial charge >= 0.3 is 0 Å². The second kappa shape index (κ2) is 6.31. The first-order valence-electron chi connectivity index (χ1n) is 5.40. The summed E-state index contributed by atoms with van der Waals surface area (Å²) in [5.41, 5.74) is 6.74. The molecular formula is C13H12BrFN2S. The Morgan fingerprint density at radius 1 is 1.33 bits per heavy atom. The molecule has 0 fully saturated rings. The summed E-state index contributed by atoms with van der Waals surface area (Å²) >= 11 is 5.11. The van der Waals surface area contributed by atoms with E-state index in [1.807, 2.05) is 24.3 Å². The molecule has 2 aromatic rings. The normalized spacial score (nSPS) is 12.4. The quantitative estimate of drug-likeness (QED) is 0.869. The van der Waals surface area contributed by atoms with Gasteiger partial charge in [-0.25, -0.2) is 4.39 Å². The minimum Gasteiger partial charge on any atom is -0.323 e. The van der Waals surface area contributed by atoms with Crippen molar-refractivity contribution in [2.45, 2.75) is 10.9 Å². The zero-order valence-electron chi connectivity index (χ0n) is 9.51. The van der Waals surface area contributed by atoms with Crippen molar-refractivity contribution in [3.8, 4) is 0 Å². The molecule has 0 saturated carbocycles. The minimum absolute atomic E-state index is 0.231. The molecule has 0 aliphatic carbocycles. The van der Waals surface area contributed by atoms with Gasteiger partial charge in [0, 0.05) is 27.4 Å². The Kier molecular flexibility index (Phi) is 4.74. The Hall–Kier alpha value is -0.910. The van der Waals surface area contributed by atoms with Gasteiger partial charge in [0.15, 0.2) is 0 Å². The highest BCUT2D eigenvalue weighted by atomic mass is 79.9. The number of thioether (sulfide) groups is 1. The smallest absolute Gasteiger partial charge is 0.141 e. The summed E-state index contributed by atoms with van der Waals surface area (Å²) in [5.74, 6) is 0.321. The lowest BCUT2D eigenvalue weighted by Gasteiger charge is -2.11. The molecule has 0 aliphatic rings. The fourth-order valence-electron chi connectivity index (χ4n) is 1.47. The minimum atomic E-state index is -0.353. The number of nitrogens with two attached hydrogens (primary N) is 1. The van der Waals surface area contributed by atoms with Crippen LogP contribution in [0.3, 0.4) is 0 Å². The van der Waals surface area contributed by atoms with Crippen LogP contribution in [0.4, 0.5) is 4.39 Å². The lowest BCUT2D eigenvalue weighted by atomic mass is 10.1. The third-order valence-electron chi connectivity index (χ3n) is 2.41. The van der Waals surface area contributed by atoms with Crippen LogP contribution in [-0.2, 0) is 0 Å². The number of aromatic nitrogens is 1. The molecule has 0 spiro atoms. The van der Waals surface area contributed by atoms with E-state index in [-0.39, 0.29) is 11.9 Å². The van der Waals surface area contributed by atoms with Crippen molar-refractivity contribution in [2.75, 3.05) is 5.75 Å². The number of rotatable bonds is 4. The van der Waals surface area contributed by atoms with Gasteiger partial charge in [0.2, 0.25) is 0 Å². The van der Waals surface area contributed by atoms with Gasteiger partial charge in [-0.15, -0.1) is 11.8 Å². The third kappa shape index (κ3) is 3.54. The topological polar surface area (TPSA) is 38.9 Å². The van der Waals surface area contributed by atoms with E-state index in [0.29, 0.717) is 5.75 Å². The monoisotopic (exact) mass is 326 g/mol. The van der Waals surface area contributed by atoms with Crippen molar-refractivity contribution >= 4 is 27.7 Å². The summed E-state index contributed by atoms with van der Waals surface area (Å²) in [6, 6.07) is 9.14. The predicted octanol–water partition coefficient (Wildman–Crippen LogP) is 3.78. The van der Waals surface area contributed by atoms with Crippen molar-refractivity contribution in [3.05, 3.63) is 58.6 Å². The standard InChI is InChI=1S/C13H12BrFN2S/c14-11-3-1-2-4-13(11)18-8-12(16)9-5-10(15)7-17-6-9/h1-7,12H,8,16H2. The summed E-state index contributed by atoms with van der Waals surface area (Å²) in [6.45, 7) is 0. The molecule has 18 heavy (non-hydrogen) atoms. The molecule has 1 aromatic carbocycles. The van der Waals surface area contributed by atoms with Crippen LogP contribution in [0, 0.1) is 5.82 Å². The van der Waals surface area contributed by atoms with Crippen molar-refractivity contribution in [3.63, 3.8) is 0 Å². The van der Waals surface area contributed by atoms with E-state index in [1.165, 1.54) is 12.3 Å². The van der Waals surface area contributed by atoms with Crippen molar-refractivity contribution in [1.29, 1.82) is 0 Å². The number of nitrogens with zero attached hydrogens (tertiary/aromatic N) is 1. The van der Waals surface area contributed by atoms with E-state index >= 15 is 0 Å². The molecule has 2 N–H and O–H groups in total. The molecule has 1 atom stereocenters. The fraction of sp³-hybridized carbons (Fsp3) is 0.154. The van der Waals surface area contributed by atoms with Gasteiger partial charge in [0.05, 0.1) is 6.20 Å². The first-order valence-corrected chi connectivity index (χ1v) is 7.18. The number of halogens is 2. The molecule has 94 valence electrons. The second-order valence-corrected chi connectivity index (χ2v) is 5.70. The number of benzene rings is 1. The van der Waals surface area contributed by atoms with Gasteiger partial charge in [0.1, 0.15) is 5.82 Å². The van der Waals surface area contributed by atoms with Crippen LogP contribution in [0.2, 0.25) is 0 Å². The zero-order valence-corrected chi connectivity index (χ0v) is 11.9. The van der Waals surface area contributed by atoms with Crippen molar-refractivity contribution < 1.29 is 4.39 Å². The van der Waals surface area contributed by atoms with E-state index in [4.69, 9.17) is 5.73 Å². The molecule has 2 rings (SSSR count). The van der Waals surface area contributed by atoms with Crippen LogP contribution < -0.4 is 5.73 Å². The van der Waals surface area contributed by atoms with Gasteiger partial charge in [-0.05, 0) is 39.7 Å². The maximum Gasteiger partial charge on any atom is 0.141 e. The first kappa shape index (κ1) is 13.5. The number of hydrogen-bond donors (Lipinski definition) is 1. The maximum absolute atomic E-state index is 13.0. The third-order valence-corrected chi connectivity index (χ3v) is 4.56. The van der Waals surface area contributed by atoms with E-state index in [9.17, 15) is 4.39 Å². The van der Waals surface area contributed by atoms with E-state index in [2.05, 4.69) is 20.9 Å². The molecule has 0 amide bonds. The summed E-state index contributed by atoms with van der Waals surface area (Å²) in [7, 11) is 0. The van der Waals surface area contributed by atoms with Crippen LogP contribution in [0.25, 0.3) is 0 Å².